The first-order chi connectivity index (χ1) is 60.5. The van der Waals surface area contributed by atoms with E-state index in [0.717, 1.165) is 144 Å². The second kappa shape index (κ2) is 27.6. The summed E-state index contributed by atoms with van der Waals surface area (Å²) >= 11 is 0. The molecular formula is C104H68N8. The van der Waals surface area contributed by atoms with Gasteiger partial charge >= 0.3 is 0 Å². The van der Waals surface area contributed by atoms with Gasteiger partial charge in [0.15, 0.2) is 11.6 Å². The second-order valence-corrected chi connectivity index (χ2v) is 27.6. The van der Waals surface area contributed by atoms with Gasteiger partial charge in [-0.1, -0.05) is 279 Å². The monoisotopic (exact) mass is 1440 g/mol. The zero-order chi connectivity index (χ0) is 84.4. The molecule has 0 aliphatic rings. The minimum Gasteiger partial charge on any atom is -0.309 e. The van der Waals surface area contributed by atoms with Gasteiger partial charge in [0.25, 0.3) is 0 Å². The number of hydrogen-bond donors (Lipinski definition) is 0. The number of benzene rings is 16. The number of para-hydroxylation sites is 6. The highest BCUT2D eigenvalue weighted by atomic mass is 15.0. The molecule has 6 aromatic heterocycles. The van der Waals surface area contributed by atoms with Gasteiger partial charge in [0.1, 0.15) is 0 Å². The summed E-state index contributed by atoms with van der Waals surface area (Å²) in [7, 11) is 0. The molecule has 0 radical (unpaired) electrons. The van der Waals surface area contributed by atoms with Crippen LogP contribution in [0.4, 0.5) is 0 Å². The Kier molecular flexibility index (Phi) is 13.2. The van der Waals surface area contributed by atoms with Crippen LogP contribution in [0.1, 0.15) is 16.4 Å². The third-order valence-corrected chi connectivity index (χ3v) is 21.0. The lowest BCUT2D eigenvalue weighted by atomic mass is 10.0. The molecule has 0 fully saturated rings. The third kappa shape index (κ3) is 11.6. The standard InChI is InChI=1S/2C52H34N4/c2*1-4-14-35(15-5-1)46-34-47(54-52(53-46)37-16-6-2-7-17-37)36-24-28-41(29-25-36)56-49-23-13-11-21-43(49)45-33-39(27-31-51(45)56)38-26-30-50-44(32-38)42-20-10-12-22-48(42)55(50)40-18-8-3-9-19-40/h2*1-34H/i10D,12D,20D,22D,26D,30D,32D;3D,8D,9D,18D,19D. The molecule has 0 N–H and O–H groups in total. The van der Waals surface area contributed by atoms with Crippen molar-refractivity contribution in [1.29, 1.82) is 0 Å². The van der Waals surface area contributed by atoms with Crippen molar-refractivity contribution in [3.63, 3.8) is 0 Å². The molecular weight excluding hydrogens is 1360 g/mol. The van der Waals surface area contributed by atoms with E-state index in [1.807, 2.05) is 188 Å². The first-order valence-corrected chi connectivity index (χ1v) is 37.0. The fourth-order valence-corrected chi connectivity index (χ4v) is 15.8. The quantitative estimate of drug-likeness (QED) is 0.122. The summed E-state index contributed by atoms with van der Waals surface area (Å²) in [5, 5.41) is 6.33. The van der Waals surface area contributed by atoms with Crippen LogP contribution >= 0.6 is 0 Å². The molecule has 16 aromatic carbocycles. The van der Waals surface area contributed by atoms with Gasteiger partial charge in [-0.25, -0.2) is 19.9 Å². The van der Waals surface area contributed by atoms with Crippen LogP contribution in [0.3, 0.4) is 0 Å². The van der Waals surface area contributed by atoms with E-state index in [-0.39, 0.29) is 87.4 Å². The van der Waals surface area contributed by atoms with Gasteiger partial charge in [-0.2, -0.15) is 0 Å². The lowest BCUT2D eigenvalue weighted by molar-refractivity contribution is 1.17. The van der Waals surface area contributed by atoms with Crippen molar-refractivity contribution in [2.45, 2.75) is 0 Å². The largest absolute Gasteiger partial charge is 0.309 e. The molecule has 6 heterocycles. The van der Waals surface area contributed by atoms with Crippen molar-refractivity contribution >= 4 is 87.2 Å². The van der Waals surface area contributed by atoms with Crippen LogP contribution in [0, 0.1) is 0 Å². The van der Waals surface area contributed by atoms with E-state index in [4.69, 9.17) is 32.3 Å². The molecule has 8 nitrogen and oxygen atoms in total. The average molecular weight is 1440 g/mol. The maximum atomic E-state index is 9.71. The molecule has 112 heavy (non-hydrogen) atoms. The number of rotatable bonds is 12. The van der Waals surface area contributed by atoms with Crippen LogP contribution in [0.15, 0.2) is 412 Å². The summed E-state index contributed by atoms with van der Waals surface area (Å²) < 4.78 is 114. The Morgan fingerprint density at radius 1 is 0.179 bits per heavy atom. The van der Waals surface area contributed by atoms with E-state index in [0.29, 0.717) is 22.9 Å². The molecule has 0 saturated heterocycles. The van der Waals surface area contributed by atoms with Crippen molar-refractivity contribution in [2.75, 3.05) is 0 Å². The molecule has 524 valence electrons. The number of hydrogen-bond acceptors (Lipinski definition) is 4. The summed E-state index contributed by atoms with van der Waals surface area (Å²) in [6, 6.07) is 110. The summed E-state index contributed by atoms with van der Waals surface area (Å²) in [4.78, 5) is 20.0. The van der Waals surface area contributed by atoms with Crippen molar-refractivity contribution in [1.82, 2.24) is 38.2 Å². The minimum atomic E-state index is -0.421. The lowest BCUT2D eigenvalue weighted by Gasteiger charge is -2.12. The highest BCUT2D eigenvalue weighted by Crippen LogP contribution is 2.43. The fraction of sp³-hybridized carbons (Fsp3) is 0. The Hall–Kier alpha value is -15.1. The van der Waals surface area contributed by atoms with Crippen LogP contribution in [0.2, 0.25) is 0 Å². The van der Waals surface area contributed by atoms with E-state index >= 15 is 0 Å². The van der Waals surface area contributed by atoms with Crippen LogP contribution < -0.4 is 0 Å². The normalized spacial score (nSPS) is 13.1. The molecule has 8 heteroatoms. The van der Waals surface area contributed by atoms with Crippen molar-refractivity contribution in [2.24, 2.45) is 0 Å². The van der Waals surface area contributed by atoms with Crippen molar-refractivity contribution in [3.05, 3.63) is 412 Å². The van der Waals surface area contributed by atoms with E-state index in [2.05, 4.69) is 137 Å². The molecule has 0 aliphatic carbocycles. The molecule has 22 rings (SSSR count). The molecule has 0 bridgehead atoms. The van der Waals surface area contributed by atoms with Gasteiger partial charge in [-0.15, -0.1) is 0 Å². The first kappa shape index (κ1) is 53.6. The minimum absolute atomic E-state index is 0.0787. The van der Waals surface area contributed by atoms with E-state index in [1.54, 1.807) is 33.4 Å². The molecule has 0 saturated carbocycles. The Morgan fingerprint density at radius 2 is 0.491 bits per heavy atom. The Balaban J connectivity index is 0.000000152. The molecule has 0 unspecified atom stereocenters. The highest BCUT2D eigenvalue weighted by molar-refractivity contribution is 6.15. The van der Waals surface area contributed by atoms with Crippen LogP contribution in [0.5, 0.6) is 0 Å². The van der Waals surface area contributed by atoms with Gasteiger partial charge in [0.05, 0.1) is 83.4 Å². The van der Waals surface area contributed by atoms with Gasteiger partial charge in [0.2, 0.25) is 0 Å². The van der Waals surface area contributed by atoms with Gasteiger partial charge in [0, 0.05) is 99.2 Å². The Bertz CT molecular complexity index is 7960. The van der Waals surface area contributed by atoms with Gasteiger partial charge in [-0.05, 0) is 156 Å². The van der Waals surface area contributed by atoms with E-state index < -0.39 is 18.1 Å². The van der Waals surface area contributed by atoms with Crippen molar-refractivity contribution < 1.29 is 16.4 Å². The van der Waals surface area contributed by atoms with Crippen molar-refractivity contribution in [3.8, 4) is 113 Å². The molecule has 0 aliphatic heterocycles. The lowest BCUT2D eigenvalue weighted by Crippen LogP contribution is -1.97. The third-order valence-electron chi connectivity index (χ3n) is 21.0. The Labute approximate surface area is 663 Å². The summed E-state index contributed by atoms with van der Waals surface area (Å²) in [5.41, 5.74) is 20.6. The molecule has 0 atom stereocenters. The van der Waals surface area contributed by atoms with Gasteiger partial charge < -0.3 is 18.3 Å². The second-order valence-electron chi connectivity index (χ2n) is 27.6. The smallest absolute Gasteiger partial charge is 0.160 e. The Morgan fingerprint density at radius 3 is 0.929 bits per heavy atom. The van der Waals surface area contributed by atoms with E-state index in [1.165, 1.54) is 0 Å². The van der Waals surface area contributed by atoms with Crippen LogP contribution in [-0.4, -0.2) is 38.2 Å². The van der Waals surface area contributed by atoms with Crippen LogP contribution in [-0.2, 0) is 0 Å². The maximum Gasteiger partial charge on any atom is 0.160 e. The summed E-state index contributed by atoms with van der Waals surface area (Å²) in [6.45, 7) is 0. The topological polar surface area (TPSA) is 71.3 Å². The highest BCUT2D eigenvalue weighted by Gasteiger charge is 2.21. The van der Waals surface area contributed by atoms with Gasteiger partial charge in [-0.3, -0.25) is 0 Å². The number of fused-ring (bicyclic) bond motifs is 12. The first-order valence-electron chi connectivity index (χ1n) is 43.0. The predicted molar refractivity (Wildman–Crippen MR) is 465 cm³/mol. The fourth-order valence-electron chi connectivity index (χ4n) is 15.8. The summed E-state index contributed by atoms with van der Waals surface area (Å²) in [6.07, 6.45) is 0. The SMILES string of the molecule is [2H]c1c([2H])c([2H])c(-n2c3ccccc3c3cc(-c4ccc5c(c4)c4ccccc4n5-c4ccc(-c5cc(-c6ccccc6)nc(-c6ccccc6)n5)cc4)ccc32)c([2H])c1[2H].[2H]c1c([2H])c([2H])c2c(c1[2H])c1c([2H])c(-c3ccc4c(c3)c3ccccc3n4-c3ccc(-c4cc(-c5ccccc5)nc(-c5ccccc5)n4)cc3)c([2H])c([2H])c1n2-c1ccccc1. The van der Waals surface area contributed by atoms with E-state index in [9.17, 15) is 4.11 Å². The maximum absolute atomic E-state index is 9.71. The zero-order valence-corrected chi connectivity index (χ0v) is 59.9. The molecule has 0 spiro atoms. The van der Waals surface area contributed by atoms with Crippen LogP contribution in [0.25, 0.3) is 200 Å². The predicted octanol–water partition coefficient (Wildman–Crippen LogP) is 26.7. The zero-order valence-electron chi connectivity index (χ0n) is 71.9. The average Bonchev–Trinajstić information content (AvgIpc) is 1.54. The number of nitrogens with zero attached hydrogens (tertiary/aromatic N) is 8. The summed E-state index contributed by atoms with van der Waals surface area (Å²) in [5.74, 6) is 1.32. The molecule has 0 amide bonds. The number of aromatic nitrogens is 8. The molecule has 22 aromatic rings.